The number of carboxylic acids is 1. The van der Waals surface area contributed by atoms with E-state index in [0.717, 1.165) is 19.4 Å². The molecule has 0 saturated carbocycles. The number of hydrogen-bond donors (Lipinski definition) is 1. The van der Waals surface area contributed by atoms with Crippen LogP contribution < -0.4 is 4.90 Å². The molecule has 1 fully saturated rings. The molecule has 1 aliphatic heterocycles. The minimum Gasteiger partial charge on any atom is -0.481 e. The number of carbonyl (C=O) groups is 1. The maximum absolute atomic E-state index is 11.0. The predicted molar refractivity (Wildman–Crippen MR) is 72.7 cm³/mol. The molecule has 108 valence electrons. The van der Waals surface area contributed by atoms with Crippen LogP contribution in [0.4, 0.5) is 11.4 Å². The molecule has 1 aromatic rings. The van der Waals surface area contributed by atoms with Gasteiger partial charge in [0.25, 0.3) is 0 Å². The number of rotatable bonds is 5. The number of carboxylic acid groups (broad SMARTS) is 1. The highest BCUT2D eigenvalue weighted by molar-refractivity contribution is 5.66. The van der Waals surface area contributed by atoms with Crippen LogP contribution in [0.3, 0.4) is 0 Å². The molecule has 7 nitrogen and oxygen atoms in total. The third kappa shape index (κ3) is 3.43. The Labute approximate surface area is 116 Å². The van der Waals surface area contributed by atoms with Crippen molar-refractivity contribution in [3.8, 4) is 0 Å². The van der Waals surface area contributed by atoms with Gasteiger partial charge in [0, 0.05) is 25.7 Å². The van der Waals surface area contributed by atoms with Gasteiger partial charge in [0.05, 0.1) is 4.92 Å². The second-order valence-electron chi connectivity index (χ2n) is 5.01. The summed E-state index contributed by atoms with van der Waals surface area (Å²) in [6, 6.07) is 1.65. The van der Waals surface area contributed by atoms with Crippen molar-refractivity contribution in [2.24, 2.45) is 5.92 Å². The van der Waals surface area contributed by atoms with E-state index in [1.807, 2.05) is 4.90 Å². The van der Waals surface area contributed by atoms with Crippen molar-refractivity contribution < 1.29 is 14.8 Å². The van der Waals surface area contributed by atoms with Crippen LogP contribution in [0.15, 0.2) is 18.5 Å². The van der Waals surface area contributed by atoms with Gasteiger partial charge in [0.1, 0.15) is 11.9 Å². The highest BCUT2D eigenvalue weighted by Gasteiger charge is 2.25. The van der Waals surface area contributed by atoms with Crippen molar-refractivity contribution in [1.82, 2.24) is 4.98 Å². The first-order valence-electron chi connectivity index (χ1n) is 6.63. The van der Waals surface area contributed by atoms with E-state index < -0.39 is 10.9 Å². The molecular formula is C13H17N3O4. The quantitative estimate of drug-likeness (QED) is 0.654. The highest BCUT2D eigenvalue weighted by atomic mass is 16.6. The van der Waals surface area contributed by atoms with Crippen LogP contribution in [0.25, 0.3) is 0 Å². The average Bonchev–Trinajstić information content (AvgIpc) is 2.45. The molecule has 7 heteroatoms. The second kappa shape index (κ2) is 6.31. The van der Waals surface area contributed by atoms with Crippen molar-refractivity contribution in [1.29, 1.82) is 0 Å². The zero-order valence-corrected chi connectivity index (χ0v) is 11.1. The Balaban J connectivity index is 2.09. The van der Waals surface area contributed by atoms with Crippen molar-refractivity contribution in [2.75, 3.05) is 18.0 Å². The van der Waals surface area contributed by atoms with E-state index >= 15 is 0 Å². The summed E-state index contributed by atoms with van der Waals surface area (Å²) in [4.78, 5) is 27.0. The molecule has 1 unspecified atom stereocenters. The summed E-state index contributed by atoms with van der Waals surface area (Å²) in [6.45, 7) is 1.42. The van der Waals surface area contributed by atoms with Gasteiger partial charge in [-0.25, -0.2) is 0 Å². The number of nitrogens with zero attached hydrogens (tertiary/aromatic N) is 3. The summed E-state index contributed by atoms with van der Waals surface area (Å²) in [5.74, 6) is -0.523. The fraction of sp³-hybridized carbons (Fsp3) is 0.538. The molecule has 2 rings (SSSR count). The van der Waals surface area contributed by atoms with Crippen LogP contribution in [0.2, 0.25) is 0 Å². The average molecular weight is 279 g/mol. The van der Waals surface area contributed by atoms with Crippen LogP contribution in [0, 0.1) is 16.0 Å². The normalized spacial score (nSPS) is 18.8. The van der Waals surface area contributed by atoms with E-state index in [4.69, 9.17) is 5.11 Å². The number of anilines is 1. The SMILES string of the molecule is O=C(O)CCC1CCCN(c2ccncc2[N+](=O)[O-])C1. The van der Waals surface area contributed by atoms with Crippen molar-refractivity contribution in [3.05, 3.63) is 28.6 Å². The fourth-order valence-electron chi connectivity index (χ4n) is 2.63. The zero-order valence-electron chi connectivity index (χ0n) is 11.1. The number of piperidine rings is 1. The third-order valence-corrected chi connectivity index (χ3v) is 3.60. The summed E-state index contributed by atoms with van der Waals surface area (Å²) < 4.78 is 0. The maximum Gasteiger partial charge on any atom is 0.310 e. The number of hydrogen-bond acceptors (Lipinski definition) is 5. The van der Waals surface area contributed by atoms with Gasteiger partial charge in [-0.3, -0.25) is 19.9 Å². The van der Waals surface area contributed by atoms with Gasteiger partial charge in [0.15, 0.2) is 0 Å². The monoisotopic (exact) mass is 279 g/mol. The predicted octanol–water partition coefficient (Wildman–Crippen LogP) is 2.07. The van der Waals surface area contributed by atoms with Crippen LogP contribution in [-0.4, -0.2) is 34.1 Å². The van der Waals surface area contributed by atoms with E-state index in [1.54, 1.807) is 12.3 Å². The van der Waals surface area contributed by atoms with Crippen LogP contribution in [-0.2, 0) is 4.79 Å². The first kappa shape index (κ1) is 14.2. The van der Waals surface area contributed by atoms with Crippen LogP contribution in [0.5, 0.6) is 0 Å². The Morgan fingerprint density at radius 2 is 2.40 bits per heavy atom. The fourth-order valence-corrected chi connectivity index (χ4v) is 2.63. The number of aromatic nitrogens is 1. The number of nitro groups is 1. The lowest BCUT2D eigenvalue weighted by Gasteiger charge is -2.33. The largest absolute Gasteiger partial charge is 0.481 e. The van der Waals surface area contributed by atoms with E-state index in [1.165, 1.54) is 6.20 Å². The molecule has 0 spiro atoms. The smallest absolute Gasteiger partial charge is 0.310 e. The van der Waals surface area contributed by atoms with Gasteiger partial charge in [-0.2, -0.15) is 0 Å². The summed E-state index contributed by atoms with van der Waals surface area (Å²) in [6.07, 6.45) is 5.47. The van der Waals surface area contributed by atoms with Crippen LogP contribution in [0.1, 0.15) is 25.7 Å². The van der Waals surface area contributed by atoms with Crippen molar-refractivity contribution >= 4 is 17.3 Å². The topological polar surface area (TPSA) is 96.6 Å². The molecule has 2 heterocycles. The lowest BCUT2D eigenvalue weighted by atomic mass is 9.93. The van der Waals surface area contributed by atoms with Gasteiger partial charge in [0.2, 0.25) is 0 Å². The minimum absolute atomic E-state index is 0.00591. The third-order valence-electron chi connectivity index (χ3n) is 3.60. The second-order valence-corrected chi connectivity index (χ2v) is 5.01. The van der Waals surface area contributed by atoms with E-state index in [-0.39, 0.29) is 18.0 Å². The van der Waals surface area contributed by atoms with Gasteiger partial charge < -0.3 is 10.0 Å². The van der Waals surface area contributed by atoms with Crippen molar-refractivity contribution in [3.63, 3.8) is 0 Å². The van der Waals surface area contributed by atoms with Gasteiger partial charge in [-0.15, -0.1) is 0 Å². The lowest BCUT2D eigenvalue weighted by molar-refractivity contribution is -0.384. The van der Waals surface area contributed by atoms with E-state index in [2.05, 4.69) is 4.98 Å². The molecule has 1 aliphatic rings. The lowest BCUT2D eigenvalue weighted by Crippen LogP contribution is -2.36. The summed E-state index contributed by atoms with van der Waals surface area (Å²) >= 11 is 0. The van der Waals surface area contributed by atoms with Crippen LogP contribution >= 0.6 is 0 Å². The zero-order chi connectivity index (χ0) is 14.5. The first-order valence-corrected chi connectivity index (χ1v) is 6.63. The summed E-state index contributed by atoms with van der Waals surface area (Å²) in [5, 5.41) is 19.8. The Bertz CT molecular complexity index is 506. The molecular weight excluding hydrogens is 262 g/mol. The van der Waals surface area contributed by atoms with E-state index in [9.17, 15) is 14.9 Å². The molecule has 1 N–H and O–H groups in total. The molecule has 1 atom stereocenters. The standard InChI is InChI=1S/C13H17N3O4/c17-13(18)4-3-10-2-1-7-15(9-10)11-5-6-14-8-12(11)16(19)20/h5-6,8,10H,1-4,7,9H2,(H,17,18). The van der Waals surface area contributed by atoms with Gasteiger partial charge in [-0.1, -0.05) is 0 Å². The molecule has 1 saturated heterocycles. The highest BCUT2D eigenvalue weighted by Crippen LogP contribution is 2.31. The minimum atomic E-state index is -0.794. The van der Waals surface area contributed by atoms with Crippen molar-refractivity contribution in [2.45, 2.75) is 25.7 Å². The number of aliphatic carboxylic acids is 1. The van der Waals surface area contributed by atoms with Gasteiger partial charge in [-0.05, 0) is 31.2 Å². The summed E-state index contributed by atoms with van der Waals surface area (Å²) in [7, 11) is 0. The molecule has 0 bridgehead atoms. The molecule has 0 aliphatic carbocycles. The summed E-state index contributed by atoms with van der Waals surface area (Å²) in [5.41, 5.74) is 0.580. The molecule has 1 aromatic heterocycles. The number of pyridine rings is 1. The Hall–Kier alpha value is -2.18. The first-order chi connectivity index (χ1) is 9.58. The Kier molecular flexibility index (Phi) is 4.49. The Morgan fingerprint density at radius 1 is 1.60 bits per heavy atom. The molecule has 0 aromatic carbocycles. The molecule has 0 amide bonds. The van der Waals surface area contributed by atoms with E-state index in [0.29, 0.717) is 18.7 Å². The van der Waals surface area contributed by atoms with Gasteiger partial charge >= 0.3 is 11.7 Å². The maximum atomic E-state index is 11.0. The Morgan fingerprint density at radius 3 is 3.10 bits per heavy atom. The molecule has 20 heavy (non-hydrogen) atoms. The molecule has 0 radical (unpaired) electrons.